The Bertz CT molecular complexity index is 688. The number of carbonyl (C=O) groups is 1. The van der Waals surface area contributed by atoms with Gasteiger partial charge in [0, 0.05) is 26.2 Å². The zero-order valence-electron chi connectivity index (χ0n) is 14.6. The van der Waals surface area contributed by atoms with Gasteiger partial charge >= 0.3 is 0 Å². The van der Waals surface area contributed by atoms with E-state index in [4.69, 9.17) is 14.2 Å². The summed E-state index contributed by atoms with van der Waals surface area (Å²) in [7, 11) is 2.03. The van der Waals surface area contributed by atoms with Crippen molar-refractivity contribution in [3.63, 3.8) is 0 Å². The second kappa shape index (κ2) is 7.06. The van der Waals surface area contributed by atoms with Crippen LogP contribution in [0.15, 0.2) is 24.3 Å². The van der Waals surface area contributed by atoms with Gasteiger partial charge in [0.15, 0.2) is 11.5 Å². The zero-order chi connectivity index (χ0) is 17.2. The number of hydrogen-bond donors (Lipinski definition) is 0. The molecule has 0 aromatic heterocycles. The number of fused-ring (bicyclic) bond motifs is 1. The number of rotatable bonds is 2. The Morgan fingerprint density at radius 3 is 2.72 bits per heavy atom. The molecule has 1 aromatic carbocycles. The first-order valence-corrected chi connectivity index (χ1v) is 8.89. The summed E-state index contributed by atoms with van der Waals surface area (Å²) in [5.74, 6) is 1.72. The van der Waals surface area contributed by atoms with Crippen LogP contribution in [0.2, 0.25) is 0 Å². The van der Waals surface area contributed by atoms with Crippen LogP contribution in [0.25, 0.3) is 5.57 Å². The van der Waals surface area contributed by atoms with Crippen molar-refractivity contribution in [3.8, 4) is 11.5 Å². The molecule has 1 unspecified atom stereocenters. The van der Waals surface area contributed by atoms with Crippen molar-refractivity contribution in [3.05, 3.63) is 29.8 Å². The zero-order valence-corrected chi connectivity index (χ0v) is 14.6. The van der Waals surface area contributed by atoms with Crippen molar-refractivity contribution in [1.82, 2.24) is 9.80 Å². The third kappa shape index (κ3) is 3.50. The van der Waals surface area contributed by atoms with Crippen LogP contribution in [0.3, 0.4) is 0 Å². The van der Waals surface area contributed by atoms with E-state index in [0.29, 0.717) is 32.9 Å². The van der Waals surface area contributed by atoms with Gasteiger partial charge in [-0.25, -0.2) is 0 Å². The first-order valence-electron chi connectivity index (χ1n) is 8.89. The molecule has 134 valence electrons. The highest BCUT2D eigenvalue weighted by Crippen LogP contribution is 2.34. The predicted octanol–water partition coefficient (Wildman–Crippen LogP) is 1.40. The van der Waals surface area contributed by atoms with Crippen molar-refractivity contribution in [2.45, 2.75) is 12.5 Å². The van der Waals surface area contributed by atoms with E-state index in [1.165, 1.54) is 5.57 Å². The molecule has 3 heterocycles. The van der Waals surface area contributed by atoms with Gasteiger partial charge in [-0.3, -0.25) is 4.79 Å². The maximum atomic E-state index is 12.6. The van der Waals surface area contributed by atoms with E-state index in [2.05, 4.69) is 17.0 Å². The molecular weight excluding hydrogens is 320 g/mol. The summed E-state index contributed by atoms with van der Waals surface area (Å²) in [5, 5.41) is 0. The lowest BCUT2D eigenvalue weighted by Crippen LogP contribution is -2.50. The highest BCUT2D eigenvalue weighted by molar-refractivity contribution is 5.83. The molecule has 1 amide bonds. The molecule has 0 radical (unpaired) electrons. The van der Waals surface area contributed by atoms with E-state index in [-0.39, 0.29) is 12.0 Å². The topological polar surface area (TPSA) is 51.2 Å². The molecule has 1 aromatic rings. The van der Waals surface area contributed by atoms with Crippen molar-refractivity contribution in [2.75, 3.05) is 53.0 Å². The third-order valence-electron chi connectivity index (χ3n) is 4.98. The molecule has 3 aliphatic rings. The Labute approximate surface area is 147 Å². The number of likely N-dealkylation sites (N-methyl/N-ethyl adjacent to an activating group) is 1. The van der Waals surface area contributed by atoms with Crippen LogP contribution >= 0.6 is 0 Å². The molecule has 25 heavy (non-hydrogen) atoms. The second-order valence-corrected chi connectivity index (χ2v) is 6.74. The minimum absolute atomic E-state index is 0.101. The van der Waals surface area contributed by atoms with Crippen LogP contribution in [0, 0.1) is 0 Å². The highest BCUT2D eigenvalue weighted by atomic mass is 16.6. The van der Waals surface area contributed by atoms with Crippen LogP contribution < -0.4 is 9.47 Å². The smallest absolute Gasteiger partial charge is 0.253 e. The minimum Gasteiger partial charge on any atom is -0.486 e. The Balaban J connectivity index is 1.42. The minimum atomic E-state index is -0.331. The van der Waals surface area contributed by atoms with Crippen molar-refractivity contribution >= 4 is 11.5 Å². The van der Waals surface area contributed by atoms with Crippen LogP contribution in [-0.2, 0) is 9.53 Å². The lowest BCUT2D eigenvalue weighted by atomic mass is 9.98. The molecular formula is C19H24N2O4. The van der Waals surface area contributed by atoms with E-state index in [9.17, 15) is 4.79 Å². The van der Waals surface area contributed by atoms with Crippen molar-refractivity contribution in [2.24, 2.45) is 0 Å². The van der Waals surface area contributed by atoms with Gasteiger partial charge in [-0.2, -0.15) is 0 Å². The summed E-state index contributed by atoms with van der Waals surface area (Å²) >= 11 is 0. The second-order valence-electron chi connectivity index (χ2n) is 6.74. The van der Waals surface area contributed by atoms with Gasteiger partial charge in [0.1, 0.15) is 19.3 Å². The van der Waals surface area contributed by atoms with E-state index < -0.39 is 0 Å². The van der Waals surface area contributed by atoms with Crippen molar-refractivity contribution < 1.29 is 19.0 Å². The molecule has 0 saturated carbocycles. The molecule has 4 rings (SSSR count). The van der Waals surface area contributed by atoms with Crippen LogP contribution in [-0.4, -0.2) is 74.9 Å². The van der Waals surface area contributed by atoms with Gasteiger partial charge in [-0.1, -0.05) is 12.1 Å². The predicted molar refractivity (Wildman–Crippen MR) is 93.8 cm³/mol. The SMILES string of the molecule is CN1CCOC(C(=O)N2CC=C(c3ccc4c(c3)OCCO4)CC2)C1. The highest BCUT2D eigenvalue weighted by Gasteiger charge is 2.29. The lowest BCUT2D eigenvalue weighted by Gasteiger charge is -2.34. The standard InChI is InChI=1S/C19H24N2O4/c1-20-8-9-23-18(13-20)19(22)21-6-4-14(5-7-21)15-2-3-16-17(12-15)25-11-10-24-16/h2-4,12,18H,5-11,13H2,1H3. The molecule has 1 atom stereocenters. The first-order chi connectivity index (χ1) is 12.2. The molecule has 1 saturated heterocycles. The summed E-state index contributed by atoms with van der Waals surface area (Å²) in [5.41, 5.74) is 2.40. The molecule has 1 fully saturated rings. The van der Waals surface area contributed by atoms with Gasteiger partial charge in [-0.15, -0.1) is 0 Å². The maximum Gasteiger partial charge on any atom is 0.253 e. The lowest BCUT2D eigenvalue weighted by molar-refractivity contribution is -0.148. The fraction of sp³-hybridized carbons (Fsp3) is 0.526. The van der Waals surface area contributed by atoms with Gasteiger partial charge in [0.2, 0.25) is 0 Å². The Kier molecular flexibility index (Phi) is 4.63. The van der Waals surface area contributed by atoms with Gasteiger partial charge in [-0.05, 0) is 36.7 Å². The van der Waals surface area contributed by atoms with E-state index in [0.717, 1.165) is 36.6 Å². The maximum absolute atomic E-state index is 12.6. The normalized spacial score (nSPS) is 24.0. The molecule has 0 aliphatic carbocycles. The summed E-state index contributed by atoms with van der Waals surface area (Å²) in [6.45, 7) is 4.73. The Hall–Kier alpha value is -2.05. The largest absolute Gasteiger partial charge is 0.486 e. The Morgan fingerprint density at radius 1 is 1.12 bits per heavy atom. The summed E-state index contributed by atoms with van der Waals surface area (Å²) in [6.07, 6.45) is 2.65. The molecule has 3 aliphatic heterocycles. The number of morpholine rings is 1. The molecule has 0 N–H and O–H groups in total. The number of nitrogens with zero attached hydrogens (tertiary/aromatic N) is 2. The van der Waals surface area contributed by atoms with Crippen LogP contribution in [0.4, 0.5) is 0 Å². The molecule has 0 bridgehead atoms. The van der Waals surface area contributed by atoms with Crippen LogP contribution in [0.5, 0.6) is 11.5 Å². The fourth-order valence-corrected chi connectivity index (χ4v) is 3.51. The number of amides is 1. The average Bonchev–Trinajstić information content (AvgIpc) is 2.67. The van der Waals surface area contributed by atoms with Gasteiger partial charge in [0.05, 0.1) is 6.61 Å². The van der Waals surface area contributed by atoms with Gasteiger partial charge < -0.3 is 24.0 Å². The van der Waals surface area contributed by atoms with Gasteiger partial charge in [0.25, 0.3) is 5.91 Å². The van der Waals surface area contributed by atoms with E-state index in [1.54, 1.807) is 0 Å². The number of hydrogen-bond acceptors (Lipinski definition) is 5. The summed E-state index contributed by atoms with van der Waals surface area (Å²) < 4.78 is 16.9. The quantitative estimate of drug-likeness (QED) is 0.812. The third-order valence-corrected chi connectivity index (χ3v) is 4.98. The van der Waals surface area contributed by atoms with E-state index in [1.807, 2.05) is 24.1 Å². The number of carbonyl (C=O) groups excluding carboxylic acids is 1. The number of ether oxygens (including phenoxy) is 3. The molecule has 0 spiro atoms. The fourth-order valence-electron chi connectivity index (χ4n) is 3.51. The molecule has 6 heteroatoms. The average molecular weight is 344 g/mol. The Morgan fingerprint density at radius 2 is 1.96 bits per heavy atom. The molecule has 6 nitrogen and oxygen atoms in total. The summed E-state index contributed by atoms with van der Waals surface area (Å²) in [6, 6.07) is 6.07. The van der Waals surface area contributed by atoms with Crippen molar-refractivity contribution in [1.29, 1.82) is 0 Å². The van der Waals surface area contributed by atoms with Crippen LogP contribution in [0.1, 0.15) is 12.0 Å². The first kappa shape index (κ1) is 16.4. The van der Waals surface area contributed by atoms with E-state index >= 15 is 0 Å². The monoisotopic (exact) mass is 344 g/mol. The number of benzene rings is 1. The summed E-state index contributed by atoms with van der Waals surface area (Å²) in [4.78, 5) is 16.7.